The van der Waals surface area contributed by atoms with Crippen LogP contribution in [0.15, 0.2) is 0 Å². The van der Waals surface area contributed by atoms with Crippen LogP contribution in [0.5, 0.6) is 0 Å². The molecular formula is C13H24O2. The number of hydrogen-bond donors (Lipinski definition) is 1. The van der Waals surface area contributed by atoms with Crippen molar-refractivity contribution >= 4 is 0 Å². The van der Waals surface area contributed by atoms with Gasteiger partial charge in [0.05, 0.1) is 12.2 Å². The van der Waals surface area contributed by atoms with Gasteiger partial charge in [-0.05, 0) is 18.8 Å². The van der Waals surface area contributed by atoms with Crippen LogP contribution < -0.4 is 0 Å². The lowest BCUT2D eigenvalue weighted by Crippen LogP contribution is -2.59. The molecule has 2 nitrogen and oxygen atoms in total. The SMILES string of the molecule is CC(C)COC1CC(O)C12CCCCC2. The second-order valence-corrected chi connectivity index (χ2v) is 5.76. The van der Waals surface area contributed by atoms with E-state index in [9.17, 15) is 5.11 Å². The monoisotopic (exact) mass is 212 g/mol. The van der Waals surface area contributed by atoms with Crippen molar-refractivity contribution in [2.75, 3.05) is 6.61 Å². The van der Waals surface area contributed by atoms with E-state index in [0.717, 1.165) is 13.0 Å². The number of ether oxygens (including phenoxy) is 1. The highest BCUT2D eigenvalue weighted by atomic mass is 16.5. The molecule has 0 aromatic heterocycles. The summed E-state index contributed by atoms with van der Waals surface area (Å²) in [5.74, 6) is 0.600. The summed E-state index contributed by atoms with van der Waals surface area (Å²) in [5.41, 5.74) is 0.146. The van der Waals surface area contributed by atoms with Crippen molar-refractivity contribution in [3.8, 4) is 0 Å². The third-order valence-electron chi connectivity index (χ3n) is 4.16. The van der Waals surface area contributed by atoms with E-state index in [0.29, 0.717) is 12.0 Å². The first-order valence-corrected chi connectivity index (χ1v) is 6.45. The predicted octanol–water partition coefficient (Wildman–Crippen LogP) is 2.74. The molecule has 2 aliphatic rings. The first-order chi connectivity index (χ1) is 7.15. The van der Waals surface area contributed by atoms with Gasteiger partial charge in [0.1, 0.15) is 0 Å². The summed E-state index contributed by atoms with van der Waals surface area (Å²) < 4.78 is 5.94. The Morgan fingerprint density at radius 2 is 1.93 bits per heavy atom. The maximum Gasteiger partial charge on any atom is 0.0681 e. The van der Waals surface area contributed by atoms with Crippen LogP contribution in [-0.2, 0) is 4.74 Å². The van der Waals surface area contributed by atoms with E-state index in [1.807, 2.05) is 0 Å². The molecule has 2 saturated carbocycles. The fraction of sp³-hybridized carbons (Fsp3) is 1.00. The van der Waals surface area contributed by atoms with Crippen LogP contribution in [0, 0.1) is 11.3 Å². The fourth-order valence-electron chi connectivity index (χ4n) is 3.13. The summed E-state index contributed by atoms with van der Waals surface area (Å²) in [7, 11) is 0. The van der Waals surface area contributed by atoms with Gasteiger partial charge < -0.3 is 9.84 Å². The molecular weight excluding hydrogens is 188 g/mol. The van der Waals surface area contributed by atoms with Gasteiger partial charge in [0.15, 0.2) is 0 Å². The normalized spacial score (nSPS) is 34.4. The van der Waals surface area contributed by atoms with Crippen LogP contribution in [0.3, 0.4) is 0 Å². The number of aliphatic hydroxyl groups excluding tert-OH is 1. The summed E-state index contributed by atoms with van der Waals surface area (Å²) in [5, 5.41) is 9.98. The van der Waals surface area contributed by atoms with Crippen LogP contribution in [0.25, 0.3) is 0 Å². The first kappa shape index (κ1) is 11.4. The van der Waals surface area contributed by atoms with Crippen LogP contribution in [0.2, 0.25) is 0 Å². The lowest BCUT2D eigenvalue weighted by molar-refractivity contribution is -0.209. The van der Waals surface area contributed by atoms with Crippen molar-refractivity contribution in [3.05, 3.63) is 0 Å². The summed E-state index contributed by atoms with van der Waals surface area (Å²) >= 11 is 0. The molecule has 2 unspecified atom stereocenters. The molecule has 0 bridgehead atoms. The molecule has 2 rings (SSSR count). The maximum atomic E-state index is 9.98. The lowest BCUT2D eigenvalue weighted by atomic mass is 9.56. The van der Waals surface area contributed by atoms with Crippen molar-refractivity contribution in [1.82, 2.24) is 0 Å². The van der Waals surface area contributed by atoms with Gasteiger partial charge in [0.25, 0.3) is 0 Å². The third-order valence-corrected chi connectivity index (χ3v) is 4.16. The van der Waals surface area contributed by atoms with Crippen LogP contribution in [0.1, 0.15) is 52.4 Å². The van der Waals surface area contributed by atoms with Gasteiger partial charge >= 0.3 is 0 Å². The van der Waals surface area contributed by atoms with Gasteiger partial charge in [-0.25, -0.2) is 0 Å². The Labute approximate surface area is 93.0 Å². The predicted molar refractivity (Wildman–Crippen MR) is 60.7 cm³/mol. The third kappa shape index (κ3) is 2.07. The second-order valence-electron chi connectivity index (χ2n) is 5.76. The molecule has 15 heavy (non-hydrogen) atoms. The Hall–Kier alpha value is -0.0800. The Morgan fingerprint density at radius 1 is 1.27 bits per heavy atom. The summed E-state index contributed by atoms with van der Waals surface area (Å²) in [6.45, 7) is 5.21. The van der Waals surface area contributed by atoms with Crippen molar-refractivity contribution in [2.24, 2.45) is 11.3 Å². The molecule has 0 aliphatic heterocycles. The quantitative estimate of drug-likeness (QED) is 0.779. The lowest BCUT2D eigenvalue weighted by Gasteiger charge is -2.55. The molecule has 88 valence electrons. The topological polar surface area (TPSA) is 29.5 Å². The summed E-state index contributed by atoms with van der Waals surface area (Å²) in [6.07, 6.45) is 7.37. The van der Waals surface area contributed by atoms with E-state index in [4.69, 9.17) is 4.74 Å². The molecule has 0 aromatic carbocycles. The van der Waals surface area contributed by atoms with E-state index in [1.165, 1.54) is 32.1 Å². The fourth-order valence-corrected chi connectivity index (χ4v) is 3.13. The average Bonchev–Trinajstić information content (AvgIpc) is 2.25. The minimum absolute atomic E-state index is 0.0880. The standard InChI is InChI=1S/C13H24O2/c1-10(2)9-15-12-8-11(14)13(12)6-4-3-5-7-13/h10-12,14H,3-9H2,1-2H3. The number of aliphatic hydroxyl groups is 1. The van der Waals surface area contributed by atoms with E-state index >= 15 is 0 Å². The molecule has 0 heterocycles. The highest BCUT2D eigenvalue weighted by Gasteiger charge is 2.55. The van der Waals surface area contributed by atoms with E-state index < -0.39 is 0 Å². The van der Waals surface area contributed by atoms with Crippen LogP contribution in [-0.4, -0.2) is 23.9 Å². The number of rotatable bonds is 3. The summed E-state index contributed by atoms with van der Waals surface area (Å²) in [4.78, 5) is 0. The Kier molecular flexibility index (Phi) is 3.36. The number of hydrogen-bond acceptors (Lipinski definition) is 2. The average molecular weight is 212 g/mol. The van der Waals surface area contributed by atoms with Gasteiger partial charge in [-0.2, -0.15) is 0 Å². The molecule has 1 spiro atoms. The Morgan fingerprint density at radius 3 is 2.47 bits per heavy atom. The second kappa shape index (κ2) is 4.42. The molecule has 0 radical (unpaired) electrons. The maximum absolute atomic E-state index is 9.98. The Bertz CT molecular complexity index is 207. The van der Waals surface area contributed by atoms with Gasteiger partial charge in [-0.3, -0.25) is 0 Å². The largest absolute Gasteiger partial charge is 0.392 e. The highest BCUT2D eigenvalue weighted by Crippen LogP contribution is 2.53. The van der Waals surface area contributed by atoms with Gasteiger partial charge in [0.2, 0.25) is 0 Å². The molecule has 1 N–H and O–H groups in total. The Balaban J connectivity index is 1.90. The zero-order chi connectivity index (χ0) is 10.9. The van der Waals surface area contributed by atoms with Crippen molar-refractivity contribution in [1.29, 1.82) is 0 Å². The molecule has 2 heteroatoms. The van der Waals surface area contributed by atoms with Crippen molar-refractivity contribution in [2.45, 2.75) is 64.6 Å². The van der Waals surface area contributed by atoms with Gasteiger partial charge in [-0.15, -0.1) is 0 Å². The van der Waals surface area contributed by atoms with Crippen LogP contribution in [0.4, 0.5) is 0 Å². The first-order valence-electron chi connectivity index (χ1n) is 6.45. The molecule has 2 atom stereocenters. The molecule has 2 aliphatic carbocycles. The van der Waals surface area contributed by atoms with E-state index in [-0.39, 0.29) is 11.5 Å². The van der Waals surface area contributed by atoms with E-state index in [1.54, 1.807) is 0 Å². The van der Waals surface area contributed by atoms with Gasteiger partial charge in [0, 0.05) is 18.4 Å². The molecule has 0 aromatic rings. The molecule has 0 amide bonds. The van der Waals surface area contributed by atoms with E-state index in [2.05, 4.69) is 13.8 Å². The minimum atomic E-state index is -0.0880. The highest BCUT2D eigenvalue weighted by molar-refractivity contribution is 5.05. The zero-order valence-corrected chi connectivity index (χ0v) is 10.0. The van der Waals surface area contributed by atoms with Crippen molar-refractivity contribution in [3.63, 3.8) is 0 Å². The van der Waals surface area contributed by atoms with Crippen molar-refractivity contribution < 1.29 is 9.84 Å². The minimum Gasteiger partial charge on any atom is -0.392 e. The van der Waals surface area contributed by atoms with Gasteiger partial charge in [-0.1, -0.05) is 33.1 Å². The van der Waals surface area contributed by atoms with Crippen LogP contribution >= 0.6 is 0 Å². The smallest absolute Gasteiger partial charge is 0.0681 e. The summed E-state index contributed by atoms with van der Waals surface area (Å²) in [6, 6.07) is 0. The zero-order valence-electron chi connectivity index (χ0n) is 10.0. The molecule has 2 fully saturated rings. The molecule has 0 saturated heterocycles.